The van der Waals surface area contributed by atoms with Gasteiger partial charge in [0.05, 0.1) is 0 Å². The molecule has 1 aromatic heterocycles. The number of hydrogen-bond acceptors (Lipinski definition) is 6. The smallest absolute Gasteiger partial charge is 0.508 e. The quantitative estimate of drug-likeness (QED) is 0.635. The summed E-state index contributed by atoms with van der Waals surface area (Å²) in [5, 5.41) is 9.52. The summed E-state index contributed by atoms with van der Waals surface area (Å²) >= 11 is 0. The number of piperidine rings is 1. The molecular formula is C19H18ClF3N2O4. The number of halogens is 4. The number of phenolic OH excluding ortho intramolecular Hbond substituents is 1. The van der Waals surface area contributed by atoms with Gasteiger partial charge in [0.25, 0.3) is 6.01 Å². The topological polar surface area (TPSA) is 68.0 Å². The third kappa shape index (κ3) is 5.17. The third-order valence-corrected chi connectivity index (χ3v) is 4.43. The molecule has 2 heterocycles. The molecule has 10 heteroatoms. The molecule has 3 aromatic rings. The minimum absolute atomic E-state index is 0. The van der Waals surface area contributed by atoms with E-state index in [2.05, 4.69) is 9.72 Å². The number of oxazole rings is 1. The molecule has 1 aliphatic heterocycles. The van der Waals surface area contributed by atoms with Gasteiger partial charge in [-0.15, -0.1) is 25.6 Å². The van der Waals surface area contributed by atoms with Crippen molar-refractivity contribution in [2.24, 2.45) is 0 Å². The Morgan fingerprint density at radius 1 is 1.03 bits per heavy atom. The highest BCUT2D eigenvalue weighted by Gasteiger charge is 2.31. The van der Waals surface area contributed by atoms with Gasteiger partial charge in [-0.25, -0.2) is 0 Å². The van der Waals surface area contributed by atoms with Crippen LogP contribution in [-0.2, 0) is 0 Å². The molecule has 0 unspecified atom stereocenters. The number of aromatic hydroxyl groups is 1. The molecule has 0 spiro atoms. The minimum atomic E-state index is -4.71. The van der Waals surface area contributed by atoms with E-state index in [1.165, 1.54) is 24.3 Å². The van der Waals surface area contributed by atoms with Crippen LogP contribution in [0, 0.1) is 0 Å². The number of anilines is 1. The van der Waals surface area contributed by atoms with E-state index in [9.17, 15) is 18.3 Å². The lowest BCUT2D eigenvalue weighted by atomic mass is 10.1. The van der Waals surface area contributed by atoms with Crippen molar-refractivity contribution in [3.8, 4) is 17.2 Å². The third-order valence-electron chi connectivity index (χ3n) is 4.43. The first-order chi connectivity index (χ1) is 13.4. The predicted octanol–water partition coefficient (Wildman–Crippen LogP) is 4.90. The first-order valence-electron chi connectivity index (χ1n) is 8.73. The van der Waals surface area contributed by atoms with Gasteiger partial charge in [-0.3, -0.25) is 0 Å². The lowest BCUT2D eigenvalue weighted by molar-refractivity contribution is -0.274. The number of benzene rings is 2. The molecule has 29 heavy (non-hydrogen) atoms. The van der Waals surface area contributed by atoms with Gasteiger partial charge in [-0.05, 0) is 36.4 Å². The van der Waals surface area contributed by atoms with Gasteiger partial charge in [-0.2, -0.15) is 4.98 Å². The van der Waals surface area contributed by atoms with Gasteiger partial charge in [-0.1, -0.05) is 0 Å². The first-order valence-corrected chi connectivity index (χ1v) is 8.73. The van der Waals surface area contributed by atoms with Crippen molar-refractivity contribution >= 4 is 29.5 Å². The van der Waals surface area contributed by atoms with Crippen LogP contribution in [0.25, 0.3) is 11.1 Å². The second-order valence-corrected chi connectivity index (χ2v) is 6.47. The van der Waals surface area contributed by atoms with Crippen molar-refractivity contribution in [3.05, 3.63) is 42.5 Å². The van der Waals surface area contributed by atoms with Crippen LogP contribution in [-0.4, -0.2) is 35.6 Å². The van der Waals surface area contributed by atoms with E-state index in [1.54, 1.807) is 18.2 Å². The number of aromatic nitrogens is 1. The highest BCUT2D eigenvalue weighted by molar-refractivity contribution is 5.85. The maximum atomic E-state index is 12.2. The number of rotatable bonds is 4. The summed E-state index contributed by atoms with van der Waals surface area (Å²) in [5.41, 5.74) is 1.20. The van der Waals surface area contributed by atoms with Crippen LogP contribution in [0.4, 0.5) is 19.2 Å². The Morgan fingerprint density at radius 3 is 2.34 bits per heavy atom. The molecule has 156 valence electrons. The maximum Gasteiger partial charge on any atom is 0.573 e. The Labute approximate surface area is 170 Å². The molecule has 2 aromatic carbocycles. The van der Waals surface area contributed by atoms with Crippen molar-refractivity contribution in [1.82, 2.24) is 4.98 Å². The Morgan fingerprint density at radius 2 is 1.69 bits per heavy atom. The van der Waals surface area contributed by atoms with E-state index in [0.717, 1.165) is 0 Å². The summed E-state index contributed by atoms with van der Waals surface area (Å²) in [4.78, 5) is 6.40. The Bertz CT molecular complexity index is 954. The average molecular weight is 431 g/mol. The van der Waals surface area contributed by atoms with Gasteiger partial charge < -0.3 is 23.9 Å². The summed E-state index contributed by atoms with van der Waals surface area (Å²) in [6.45, 7) is 1.33. The normalized spacial score (nSPS) is 15.2. The van der Waals surface area contributed by atoms with Crippen molar-refractivity contribution in [2.45, 2.75) is 25.3 Å². The summed E-state index contributed by atoms with van der Waals surface area (Å²) in [6, 6.07) is 10.6. The zero-order chi connectivity index (χ0) is 19.7. The van der Waals surface area contributed by atoms with E-state index in [4.69, 9.17) is 9.15 Å². The van der Waals surface area contributed by atoms with Gasteiger partial charge in [0.15, 0.2) is 5.58 Å². The standard InChI is InChI=1S/C19H17F3N2O4.ClH/c20-19(21,22)28-15-4-2-13(3-5-15)26-14-7-9-24(10-8-14)18-23-16-11-12(25)1-6-17(16)27-18;/h1-6,11,14,25H,7-10H2;1H. The van der Waals surface area contributed by atoms with Crippen LogP contribution in [0.5, 0.6) is 17.2 Å². The SMILES string of the molecule is Cl.Oc1ccc2oc(N3CCC(Oc4ccc(OC(F)(F)F)cc4)CC3)nc2c1. The van der Waals surface area contributed by atoms with Crippen LogP contribution in [0.15, 0.2) is 46.9 Å². The fraction of sp³-hybridized carbons (Fsp3) is 0.316. The molecular weight excluding hydrogens is 413 g/mol. The Kier molecular flexibility index (Phi) is 5.97. The van der Waals surface area contributed by atoms with Crippen LogP contribution >= 0.6 is 12.4 Å². The van der Waals surface area contributed by atoms with Crippen LogP contribution < -0.4 is 14.4 Å². The number of alkyl halides is 3. The second kappa shape index (κ2) is 8.28. The van der Waals surface area contributed by atoms with Crippen LogP contribution in [0.1, 0.15) is 12.8 Å². The fourth-order valence-electron chi connectivity index (χ4n) is 3.12. The van der Waals surface area contributed by atoms with Crippen molar-refractivity contribution in [2.75, 3.05) is 18.0 Å². The lowest BCUT2D eigenvalue weighted by Gasteiger charge is -2.31. The second-order valence-electron chi connectivity index (χ2n) is 6.47. The Hall–Kier alpha value is -2.81. The molecule has 0 aliphatic carbocycles. The highest BCUT2D eigenvalue weighted by Crippen LogP contribution is 2.29. The maximum absolute atomic E-state index is 12.2. The zero-order valence-corrected chi connectivity index (χ0v) is 15.9. The van der Waals surface area contributed by atoms with Gasteiger partial charge in [0.2, 0.25) is 0 Å². The van der Waals surface area contributed by atoms with Crippen LogP contribution in [0.3, 0.4) is 0 Å². The zero-order valence-electron chi connectivity index (χ0n) is 15.1. The van der Waals surface area contributed by atoms with Crippen molar-refractivity contribution in [3.63, 3.8) is 0 Å². The monoisotopic (exact) mass is 430 g/mol. The fourth-order valence-corrected chi connectivity index (χ4v) is 3.12. The van der Waals surface area contributed by atoms with Crippen molar-refractivity contribution < 1.29 is 32.2 Å². The minimum Gasteiger partial charge on any atom is -0.508 e. The van der Waals surface area contributed by atoms with E-state index >= 15 is 0 Å². The molecule has 0 bridgehead atoms. The predicted molar refractivity (Wildman–Crippen MR) is 102 cm³/mol. The molecule has 1 saturated heterocycles. The van der Waals surface area contributed by atoms with Gasteiger partial charge in [0, 0.05) is 32.0 Å². The molecule has 0 saturated carbocycles. The lowest BCUT2D eigenvalue weighted by Crippen LogP contribution is -2.38. The highest BCUT2D eigenvalue weighted by atomic mass is 35.5. The van der Waals surface area contributed by atoms with Gasteiger partial charge >= 0.3 is 6.36 Å². The number of nitrogens with zero attached hydrogens (tertiary/aromatic N) is 2. The van der Waals surface area contributed by atoms with Crippen LogP contribution in [0.2, 0.25) is 0 Å². The molecule has 1 N–H and O–H groups in total. The molecule has 0 radical (unpaired) electrons. The molecule has 1 fully saturated rings. The molecule has 1 aliphatic rings. The van der Waals surface area contributed by atoms with E-state index in [0.29, 0.717) is 48.8 Å². The largest absolute Gasteiger partial charge is 0.573 e. The number of ether oxygens (including phenoxy) is 2. The summed E-state index contributed by atoms with van der Waals surface area (Å²) in [6.07, 6.45) is -3.34. The summed E-state index contributed by atoms with van der Waals surface area (Å²) in [5.74, 6) is 0.341. The van der Waals surface area contributed by atoms with E-state index in [-0.39, 0.29) is 30.0 Å². The molecule has 6 nitrogen and oxygen atoms in total. The number of fused-ring (bicyclic) bond motifs is 1. The summed E-state index contributed by atoms with van der Waals surface area (Å²) < 4.78 is 52.0. The van der Waals surface area contributed by atoms with Crippen molar-refractivity contribution in [1.29, 1.82) is 0 Å². The molecule has 4 rings (SSSR count). The van der Waals surface area contributed by atoms with E-state index < -0.39 is 6.36 Å². The van der Waals surface area contributed by atoms with Gasteiger partial charge in [0.1, 0.15) is 28.9 Å². The molecule has 0 amide bonds. The average Bonchev–Trinajstić information content (AvgIpc) is 3.06. The Balaban J connectivity index is 0.00000240. The number of phenols is 1. The first kappa shape index (κ1) is 20.9. The summed E-state index contributed by atoms with van der Waals surface area (Å²) in [7, 11) is 0. The molecule has 0 atom stereocenters. The van der Waals surface area contributed by atoms with E-state index in [1.807, 2.05) is 4.90 Å². The number of hydrogen-bond donors (Lipinski definition) is 1.